The lowest BCUT2D eigenvalue weighted by Gasteiger charge is -2.11. The van der Waals surface area contributed by atoms with Crippen molar-refractivity contribution in [1.29, 1.82) is 5.26 Å². The molecule has 2 rings (SSSR count). The number of pyridine rings is 1. The van der Waals surface area contributed by atoms with E-state index in [4.69, 9.17) is 9.44 Å². The van der Waals surface area contributed by atoms with Gasteiger partial charge in [-0.2, -0.15) is 18.7 Å². The highest BCUT2D eigenvalue weighted by Crippen LogP contribution is 2.27. The Morgan fingerprint density at radius 3 is 2.29 bits per heavy atom. The molecular weight excluding hydrogens is 349 g/mol. The third kappa shape index (κ3) is 4.36. The fourth-order valence-corrected chi connectivity index (χ4v) is 2.56. The van der Waals surface area contributed by atoms with Crippen LogP contribution >= 0.6 is 0 Å². The minimum absolute atomic E-state index is 0.174. The summed E-state index contributed by atoms with van der Waals surface area (Å²) in [6, 6.07) is 8.74. The summed E-state index contributed by atoms with van der Waals surface area (Å²) in [6.07, 6.45) is -4.99. The van der Waals surface area contributed by atoms with Gasteiger partial charge < -0.3 is 8.92 Å². The summed E-state index contributed by atoms with van der Waals surface area (Å²) in [4.78, 5) is 3.10. The molecule has 0 amide bonds. The molecule has 0 fully saturated rings. The lowest BCUT2D eigenvalue weighted by atomic mass is 10.2. The van der Waals surface area contributed by atoms with Crippen molar-refractivity contribution in [3.8, 4) is 17.7 Å². The Labute approximate surface area is 135 Å². The van der Waals surface area contributed by atoms with Gasteiger partial charge in [0.15, 0.2) is 11.4 Å². The number of aryl methyl sites for hydroxylation is 1. The first-order valence-electron chi connectivity index (χ1n) is 6.29. The van der Waals surface area contributed by atoms with E-state index in [-0.39, 0.29) is 4.90 Å². The number of rotatable bonds is 4. The Kier molecular flexibility index (Phi) is 4.66. The second-order valence-electron chi connectivity index (χ2n) is 4.51. The fraction of sp³-hybridized carbons (Fsp3) is 0.143. The Morgan fingerprint density at radius 2 is 1.75 bits per heavy atom. The molecule has 0 spiro atoms. The maximum absolute atomic E-state index is 12.1. The summed E-state index contributed by atoms with van der Waals surface area (Å²) in [5.74, 6) is -1.41. The molecule has 0 saturated heterocycles. The molecule has 0 N–H and O–H groups in total. The average Bonchev–Trinajstić information content (AvgIpc) is 2.47. The van der Waals surface area contributed by atoms with Crippen LogP contribution in [0.1, 0.15) is 11.3 Å². The first kappa shape index (κ1) is 17.6. The van der Waals surface area contributed by atoms with Gasteiger partial charge in [0.05, 0.1) is 0 Å². The van der Waals surface area contributed by atoms with E-state index in [0.29, 0.717) is 0 Å². The summed E-state index contributed by atoms with van der Waals surface area (Å²) in [5, 5.41) is 8.92. The van der Waals surface area contributed by atoms with Gasteiger partial charge >= 0.3 is 16.5 Å². The van der Waals surface area contributed by atoms with Gasteiger partial charge in [0, 0.05) is 6.07 Å². The minimum Gasteiger partial charge on any atom is -0.388 e. The van der Waals surface area contributed by atoms with Crippen molar-refractivity contribution in [1.82, 2.24) is 4.98 Å². The second kappa shape index (κ2) is 6.37. The summed E-state index contributed by atoms with van der Waals surface area (Å²) < 4.78 is 69.0. The minimum atomic E-state index is -4.99. The predicted octanol–water partition coefficient (Wildman–Crippen LogP) is 2.93. The number of hydrogen-bond acceptors (Lipinski definition) is 6. The van der Waals surface area contributed by atoms with Crippen molar-refractivity contribution in [3.63, 3.8) is 0 Å². The highest BCUT2D eigenvalue weighted by Gasteiger charge is 2.32. The number of halogens is 3. The smallest absolute Gasteiger partial charge is 0.388 e. The van der Waals surface area contributed by atoms with Crippen LogP contribution in [0.25, 0.3) is 0 Å². The topological polar surface area (TPSA) is 89.3 Å². The average molecular weight is 358 g/mol. The van der Waals surface area contributed by atoms with Gasteiger partial charge in [0.25, 0.3) is 0 Å². The second-order valence-corrected chi connectivity index (χ2v) is 6.05. The zero-order valence-corrected chi connectivity index (χ0v) is 12.9. The Bertz CT molecular complexity index is 888. The zero-order valence-electron chi connectivity index (χ0n) is 12.0. The largest absolute Gasteiger partial charge is 0.574 e. The van der Waals surface area contributed by atoms with Crippen LogP contribution in [0.4, 0.5) is 13.2 Å². The lowest BCUT2D eigenvalue weighted by molar-refractivity contribution is -0.276. The van der Waals surface area contributed by atoms with Crippen LogP contribution in [0.15, 0.2) is 41.3 Å². The van der Waals surface area contributed by atoms with E-state index >= 15 is 0 Å². The number of nitriles is 1. The van der Waals surface area contributed by atoms with Crippen molar-refractivity contribution < 1.29 is 30.5 Å². The molecule has 0 bridgehead atoms. The van der Waals surface area contributed by atoms with E-state index in [1.165, 1.54) is 18.2 Å². The first-order valence-corrected chi connectivity index (χ1v) is 7.69. The standard InChI is InChI=1S/C14H9F3N2O4S/c1-9-2-4-10(5-3-9)24(20,21)23-12-6-7-13(19-11(12)8-18)22-14(15,16)17/h2-7H,1H3. The van der Waals surface area contributed by atoms with Crippen molar-refractivity contribution in [2.75, 3.05) is 0 Å². The van der Waals surface area contributed by atoms with Gasteiger partial charge in [-0.3, -0.25) is 0 Å². The van der Waals surface area contributed by atoms with Crippen LogP contribution in [0.3, 0.4) is 0 Å². The zero-order chi connectivity index (χ0) is 18.0. The van der Waals surface area contributed by atoms with E-state index in [2.05, 4.69) is 9.72 Å². The predicted molar refractivity (Wildman–Crippen MR) is 74.6 cm³/mol. The third-order valence-corrected chi connectivity index (χ3v) is 3.92. The van der Waals surface area contributed by atoms with Crippen molar-refractivity contribution in [3.05, 3.63) is 47.7 Å². The van der Waals surface area contributed by atoms with Gasteiger partial charge in [-0.1, -0.05) is 17.7 Å². The van der Waals surface area contributed by atoms with Crippen LogP contribution in [0.2, 0.25) is 0 Å². The van der Waals surface area contributed by atoms with Gasteiger partial charge in [0.1, 0.15) is 11.0 Å². The van der Waals surface area contributed by atoms with E-state index in [1.54, 1.807) is 19.1 Å². The SMILES string of the molecule is Cc1ccc(S(=O)(=O)Oc2ccc(OC(F)(F)F)nc2C#N)cc1. The van der Waals surface area contributed by atoms with Gasteiger partial charge in [-0.25, -0.2) is 0 Å². The molecule has 0 atom stereocenters. The molecule has 0 saturated carbocycles. The molecule has 6 nitrogen and oxygen atoms in total. The maximum Gasteiger partial charge on any atom is 0.574 e. The van der Waals surface area contributed by atoms with Crippen LogP contribution in [-0.4, -0.2) is 19.8 Å². The van der Waals surface area contributed by atoms with Crippen molar-refractivity contribution in [2.45, 2.75) is 18.2 Å². The monoisotopic (exact) mass is 358 g/mol. The first-order chi connectivity index (χ1) is 11.1. The molecule has 1 heterocycles. The van der Waals surface area contributed by atoms with Crippen LogP contribution in [0.5, 0.6) is 11.6 Å². The molecule has 0 unspecified atom stereocenters. The lowest BCUT2D eigenvalue weighted by Crippen LogP contribution is -2.18. The molecule has 0 aliphatic rings. The van der Waals surface area contributed by atoms with E-state index in [0.717, 1.165) is 17.7 Å². The fourth-order valence-electron chi connectivity index (χ4n) is 1.62. The van der Waals surface area contributed by atoms with Crippen LogP contribution in [-0.2, 0) is 10.1 Å². The molecule has 126 valence electrons. The summed E-state index contributed by atoms with van der Waals surface area (Å²) in [6.45, 7) is 1.76. The molecule has 10 heteroatoms. The summed E-state index contributed by atoms with van der Waals surface area (Å²) in [7, 11) is -4.26. The Hall–Kier alpha value is -2.80. The van der Waals surface area contributed by atoms with Crippen LogP contribution in [0, 0.1) is 18.3 Å². The normalized spacial score (nSPS) is 11.6. The number of ether oxygens (including phenoxy) is 1. The number of aromatic nitrogens is 1. The van der Waals surface area contributed by atoms with E-state index in [1.807, 2.05) is 0 Å². The highest BCUT2D eigenvalue weighted by molar-refractivity contribution is 7.87. The summed E-state index contributed by atoms with van der Waals surface area (Å²) >= 11 is 0. The molecule has 1 aromatic carbocycles. The molecular formula is C14H9F3N2O4S. The maximum atomic E-state index is 12.1. The Balaban J connectivity index is 2.32. The Morgan fingerprint density at radius 1 is 1.12 bits per heavy atom. The third-order valence-electron chi connectivity index (χ3n) is 2.67. The molecule has 2 aromatic rings. The van der Waals surface area contributed by atoms with E-state index < -0.39 is 33.8 Å². The van der Waals surface area contributed by atoms with Crippen molar-refractivity contribution in [2.24, 2.45) is 0 Å². The molecule has 0 aliphatic heterocycles. The summed E-state index contributed by atoms with van der Waals surface area (Å²) in [5.41, 5.74) is 0.161. The number of benzene rings is 1. The van der Waals surface area contributed by atoms with Crippen LogP contribution < -0.4 is 8.92 Å². The van der Waals surface area contributed by atoms with Gasteiger partial charge in [-0.15, -0.1) is 13.2 Å². The van der Waals surface area contributed by atoms with Crippen molar-refractivity contribution >= 4 is 10.1 Å². The quantitative estimate of drug-likeness (QED) is 0.781. The molecule has 1 aromatic heterocycles. The highest BCUT2D eigenvalue weighted by atomic mass is 32.2. The number of alkyl halides is 3. The molecule has 24 heavy (non-hydrogen) atoms. The number of hydrogen-bond donors (Lipinski definition) is 0. The molecule has 0 aliphatic carbocycles. The van der Waals surface area contributed by atoms with Gasteiger partial charge in [0.2, 0.25) is 5.88 Å². The van der Waals surface area contributed by atoms with E-state index in [9.17, 15) is 21.6 Å². The molecule has 0 radical (unpaired) electrons. The number of nitrogens with zero attached hydrogens (tertiary/aromatic N) is 2. The van der Waals surface area contributed by atoms with Gasteiger partial charge in [-0.05, 0) is 25.1 Å².